The molecule has 106 valence electrons. The maximum atomic E-state index is 12.4. The first-order chi connectivity index (χ1) is 10.2. The van der Waals surface area contributed by atoms with Crippen molar-refractivity contribution in [3.63, 3.8) is 0 Å². The minimum Gasteiger partial charge on any atom is -0.387 e. The van der Waals surface area contributed by atoms with Gasteiger partial charge in [0, 0.05) is 12.7 Å². The molecule has 0 aliphatic rings. The minimum atomic E-state index is -0.151. The molecule has 0 radical (unpaired) electrons. The van der Waals surface area contributed by atoms with Gasteiger partial charge >= 0.3 is 0 Å². The maximum absolute atomic E-state index is 12.4. The number of carbonyl (C=O) groups excluding carboxylic acids is 1. The smallest absolute Gasteiger partial charge is 0.259 e. The summed E-state index contributed by atoms with van der Waals surface area (Å²) < 4.78 is 1.06. The highest BCUT2D eigenvalue weighted by atomic mass is 32.1. The molecule has 3 aromatic rings. The summed E-state index contributed by atoms with van der Waals surface area (Å²) in [4.78, 5) is 16.9. The van der Waals surface area contributed by atoms with Crippen LogP contribution in [0.1, 0.15) is 15.9 Å². The lowest BCUT2D eigenvalue weighted by Gasteiger charge is -2.09. The molecule has 0 bridgehead atoms. The molecule has 21 heavy (non-hydrogen) atoms. The molecule has 0 saturated carbocycles. The van der Waals surface area contributed by atoms with E-state index in [4.69, 9.17) is 0 Å². The van der Waals surface area contributed by atoms with E-state index in [9.17, 15) is 4.79 Å². The lowest BCUT2D eigenvalue weighted by Crippen LogP contribution is -2.14. The average molecular weight is 297 g/mol. The van der Waals surface area contributed by atoms with Crippen LogP contribution < -0.4 is 10.6 Å². The van der Waals surface area contributed by atoms with E-state index < -0.39 is 0 Å². The maximum Gasteiger partial charge on any atom is 0.259 e. The Morgan fingerprint density at radius 3 is 2.76 bits per heavy atom. The van der Waals surface area contributed by atoms with Crippen molar-refractivity contribution in [2.45, 2.75) is 6.92 Å². The fourth-order valence-electron chi connectivity index (χ4n) is 2.15. The van der Waals surface area contributed by atoms with E-state index in [2.05, 4.69) is 15.6 Å². The SMILES string of the molecule is CNc1ccc(C)cc1C(=O)Nc1nc2ccccc2s1. The topological polar surface area (TPSA) is 54.0 Å². The molecule has 2 N–H and O–H groups in total. The monoisotopic (exact) mass is 297 g/mol. The van der Waals surface area contributed by atoms with Gasteiger partial charge in [-0.25, -0.2) is 4.98 Å². The van der Waals surface area contributed by atoms with Gasteiger partial charge in [0.15, 0.2) is 5.13 Å². The van der Waals surface area contributed by atoms with Crippen molar-refractivity contribution in [2.24, 2.45) is 0 Å². The Kier molecular flexibility index (Phi) is 3.58. The zero-order chi connectivity index (χ0) is 14.8. The van der Waals surface area contributed by atoms with Crippen LogP contribution in [0.25, 0.3) is 10.2 Å². The number of nitrogens with one attached hydrogen (secondary N) is 2. The normalized spacial score (nSPS) is 10.6. The van der Waals surface area contributed by atoms with Crippen molar-refractivity contribution in [3.05, 3.63) is 53.6 Å². The van der Waals surface area contributed by atoms with Crippen molar-refractivity contribution in [1.29, 1.82) is 0 Å². The number of anilines is 2. The standard InChI is InChI=1S/C16H15N3OS/c1-10-7-8-12(17-2)11(9-10)15(20)19-16-18-13-5-3-4-6-14(13)21-16/h3-9,17H,1-2H3,(H,18,19,20). The Morgan fingerprint density at radius 1 is 1.19 bits per heavy atom. The zero-order valence-corrected chi connectivity index (χ0v) is 12.6. The van der Waals surface area contributed by atoms with Crippen LogP contribution in [-0.2, 0) is 0 Å². The molecule has 0 atom stereocenters. The van der Waals surface area contributed by atoms with Gasteiger partial charge in [0.2, 0.25) is 0 Å². The lowest BCUT2D eigenvalue weighted by atomic mass is 10.1. The molecule has 1 amide bonds. The first-order valence-corrected chi connectivity index (χ1v) is 7.44. The number of fused-ring (bicyclic) bond motifs is 1. The largest absolute Gasteiger partial charge is 0.387 e. The summed E-state index contributed by atoms with van der Waals surface area (Å²) in [5.41, 5.74) is 3.37. The summed E-state index contributed by atoms with van der Waals surface area (Å²) in [7, 11) is 1.80. The van der Waals surface area contributed by atoms with Gasteiger partial charge in [0.05, 0.1) is 15.8 Å². The summed E-state index contributed by atoms with van der Waals surface area (Å²) in [6.07, 6.45) is 0. The lowest BCUT2D eigenvalue weighted by molar-refractivity contribution is 0.102. The summed E-state index contributed by atoms with van der Waals surface area (Å²) in [6.45, 7) is 1.97. The third-order valence-corrected chi connectivity index (χ3v) is 4.16. The molecule has 5 heteroatoms. The third-order valence-electron chi connectivity index (χ3n) is 3.20. The number of amides is 1. The number of carbonyl (C=O) groups is 1. The van der Waals surface area contributed by atoms with Crippen molar-refractivity contribution in [2.75, 3.05) is 17.7 Å². The fraction of sp³-hybridized carbons (Fsp3) is 0.125. The van der Waals surface area contributed by atoms with E-state index in [0.29, 0.717) is 10.7 Å². The molecule has 1 heterocycles. The van der Waals surface area contributed by atoms with Crippen LogP contribution in [0, 0.1) is 6.92 Å². The highest BCUT2D eigenvalue weighted by molar-refractivity contribution is 7.22. The molecule has 0 saturated heterocycles. The van der Waals surface area contributed by atoms with Crippen LogP contribution >= 0.6 is 11.3 Å². The molecule has 0 fully saturated rings. The number of aromatic nitrogens is 1. The first-order valence-electron chi connectivity index (χ1n) is 6.62. The second kappa shape index (κ2) is 5.54. The Labute approximate surface area is 126 Å². The average Bonchev–Trinajstić information content (AvgIpc) is 2.89. The molecule has 3 rings (SSSR count). The van der Waals surface area contributed by atoms with Crippen molar-refractivity contribution >= 4 is 38.3 Å². The Balaban J connectivity index is 1.90. The molecule has 0 aliphatic heterocycles. The van der Waals surface area contributed by atoms with Gasteiger partial charge in [0.25, 0.3) is 5.91 Å². The summed E-state index contributed by atoms with van der Waals surface area (Å²) in [5, 5.41) is 6.53. The molecule has 4 nitrogen and oxygen atoms in total. The van der Waals surface area contributed by atoms with Crippen LogP contribution in [0.5, 0.6) is 0 Å². The summed E-state index contributed by atoms with van der Waals surface area (Å²) >= 11 is 1.47. The van der Waals surface area contributed by atoms with Crippen molar-refractivity contribution in [3.8, 4) is 0 Å². The molecule has 0 spiro atoms. The van der Waals surface area contributed by atoms with Gasteiger partial charge in [-0.05, 0) is 31.2 Å². The van der Waals surface area contributed by atoms with Gasteiger partial charge in [-0.3, -0.25) is 10.1 Å². The van der Waals surface area contributed by atoms with E-state index in [1.165, 1.54) is 11.3 Å². The predicted octanol–water partition coefficient (Wildman–Crippen LogP) is 3.90. The van der Waals surface area contributed by atoms with Gasteiger partial charge in [-0.15, -0.1) is 0 Å². The highest BCUT2D eigenvalue weighted by Crippen LogP contribution is 2.26. The zero-order valence-electron chi connectivity index (χ0n) is 11.8. The van der Waals surface area contributed by atoms with Crippen LogP contribution in [0.3, 0.4) is 0 Å². The fourth-order valence-corrected chi connectivity index (χ4v) is 3.01. The number of thiazole rings is 1. The molecular formula is C16H15N3OS. The number of rotatable bonds is 3. The quantitative estimate of drug-likeness (QED) is 0.771. The molecule has 0 aliphatic carbocycles. The number of benzene rings is 2. The van der Waals surface area contributed by atoms with E-state index >= 15 is 0 Å². The minimum absolute atomic E-state index is 0.151. The molecule has 0 unspecified atom stereocenters. The van der Waals surface area contributed by atoms with Gasteiger partial charge < -0.3 is 5.32 Å². The summed E-state index contributed by atoms with van der Waals surface area (Å²) in [6, 6.07) is 13.6. The number of hydrogen-bond donors (Lipinski definition) is 2. The molecule has 2 aromatic carbocycles. The van der Waals surface area contributed by atoms with Crippen LogP contribution in [0.2, 0.25) is 0 Å². The Bertz CT molecular complexity index is 777. The predicted molar refractivity (Wildman–Crippen MR) is 88.3 cm³/mol. The number of para-hydroxylation sites is 1. The molecule has 1 aromatic heterocycles. The van der Waals surface area contributed by atoms with Crippen LogP contribution in [0.15, 0.2) is 42.5 Å². The number of nitrogens with zero attached hydrogens (tertiary/aromatic N) is 1. The Morgan fingerprint density at radius 2 is 2.00 bits per heavy atom. The van der Waals surface area contributed by atoms with Crippen molar-refractivity contribution in [1.82, 2.24) is 4.98 Å². The highest BCUT2D eigenvalue weighted by Gasteiger charge is 2.13. The van der Waals surface area contributed by atoms with E-state index in [0.717, 1.165) is 21.5 Å². The summed E-state index contributed by atoms with van der Waals surface area (Å²) in [5.74, 6) is -0.151. The Hall–Kier alpha value is -2.40. The number of hydrogen-bond acceptors (Lipinski definition) is 4. The van der Waals surface area contributed by atoms with Gasteiger partial charge in [-0.2, -0.15) is 0 Å². The van der Waals surface area contributed by atoms with E-state index in [-0.39, 0.29) is 5.91 Å². The van der Waals surface area contributed by atoms with E-state index in [1.54, 1.807) is 7.05 Å². The molecular weight excluding hydrogens is 282 g/mol. The first kappa shape index (κ1) is 13.6. The van der Waals surface area contributed by atoms with Crippen molar-refractivity contribution < 1.29 is 4.79 Å². The second-order valence-corrected chi connectivity index (χ2v) is 5.77. The second-order valence-electron chi connectivity index (χ2n) is 4.74. The van der Waals surface area contributed by atoms with Crippen LogP contribution in [-0.4, -0.2) is 17.9 Å². The van der Waals surface area contributed by atoms with Gasteiger partial charge in [0.1, 0.15) is 0 Å². The van der Waals surface area contributed by atoms with E-state index in [1.807, 2.05) is 49.4 Å². The van der Waals surface area contributed by atoms with Crippen LogP contribution in [0.4, 0.5) is 10.8 Å². The number of aryl methyl sites for hydroxylation is 1. The van der Waals surface area contributed by atoms with Gasteiger partial charge in [-0.1, -0.05) is 35.1 Å². The third kappa shape index (κ3) is 2.73.